The number of nitrogens with zero attached hydrogens (tertiary/aromatic N) is 1. The number of carbonyl (C=O) groups is 2. The number of hydrogen-bond donors (Lipinski definition) is 0. The Bertz CT molecular complexity index is 837. The van der Waals surface area contributed by atoms with Crippen molar-refractivity contribution < 1.29 is 19.1 Å². The number of rotatable bonds is 7. The molecule has 5 aliphatic rings. The highest BCUT2D eigenvalue weighted by atomic mass is 35.5. The minimum absolute atomic E-state index is 0. The fraction of sp³-hybridized carbons (Fsp3) is 0.935. The molecule has 0 aromatic rings. The van der Waals surface area contributed by atoms with E-state index in [1.165, 1.54) is 52.1 Å². The molecule has 0 aromatic heterocycles. The minimum atomic E-state index is -0.0617. The molecule has 5 rings (SSSR count). The van der Waals surface area contributed by atoms with Crippen LogP contribution in [0.2, 0.25) is 0 Å². The molecule has 5 fully saturated rings. The van der Waals surface area contributed by atoms with E-state index in [0.29, 0.717) is 35.6 Å². The van der Waals surface area contributed by atoms with Crippen LogP contribution >= 0.6 is 24.2 Å². The van der Waals surface area contributed by atoms with E-state index in [1.54, 1.807) is 0 Å². The molecular formula is C31H52ClNO4S. The van der Waals surface area contributed by atoms with Gasteiger partial charge in [0.05, 0.1) is 13.7 Å². The molecule has 4 aliphatic carbocycles. The van der Waals surface area contributed by atoms with Crippen molar-refractivity contribution in [2.75, 3.05) is 38.2 Å². The molecule has 1 saturated heterocycles. The predicted octanol–water partition coefficient (Wildman–Crippen LogP) is 6.62. The summed E-state index contributed by atoms with van der Waals surface area (Å²) in [5.41, 5.74) is 0.839. The van der Waals surface area contributed by atoms with Crippen LogP contribution in [0.25, 0.3) is 0 Å². The van der Waals surface area contributed by atoms with Gasteiger partial charge in [-0.1, -0.05) is 20.8 Å². The largest absolute Gasteiger partial charge is 0.469 e. The first-order valence-corrected chi connectivity index (χ1v) is 16.5. The van der Waals surface area contributed by atoms with Gasteiger partial charge in [-0.05, 0) is 111 Å². The molecule has 1 heterocycles. The zero-order valence-electron chi connectivity index (χ0n) is 24.3. The first kappa shape index (κ1) is 30.5. The van der Waals surface area contributed by atoms with Crippen LogP contribution in [0.3, 0.4) is 0 Å². The Balaban J connectivity index is 0.00000336. The average Bonchev–Trinajstić information content (AvgIpc) is 3.25. The Labute approximate surface area is 241 Å². The molecule has 1 aliphatic heterocycles. The van der Waals surface area contributed by atoms with Crippen LogP contribution in [0, 0.1) is 46.3 Å². The number of fused-ring (bicyclic) bond motifs is 5. The highest BCUT2D eigenvalue weighted by Gasteiger charge is 2.60. The van der Waals surface area contributed by atoms with Gasteiger partial charge in [0, 0.05) is 31.0 Å². The molecule has 0 aromatic carbocycles. The van der Waals surface area contributed by atoms with Crippen molar-refractivity contribution in [3.05, 3.63) is 0 Å². The van der Waals surface area contributed by atoms with Gasteiger partial charge >= 0.3 is 11.9 Å². The maximum atomic E-state index is 12.7. The SMILES string of the molecule is COC(=O)CC[C@@H](C)[C@H]1CC[C@H]2[C@@H]3CC[C@@H]4C[C@H](OC(=O)CN5CCSCC5)CC[C@]4(C)[C@H]3CC[C@]12C.Cl. The summed E-state index contributed by atoms with van der Waals surface area (Å²) in [4.78, 5) is 26.7. The van der Waals surface area contributed by atoms with Crippen LogP contribution < -0.4 is 0 Å². The Morgan fingerprint density at radius 2 is 1.66 bits per heavy atom. The zero-order chi connectivity index (χ0) is 26.2. The van der Waals surface area contributed by atoms with Crippen LogP contribution in [-0.4, -0.2) is 61.2 Å². The quantitative estimate of drug-likeness (QED) is 0.321. The van der Waals surface area contributed by atoms with Gasteiger partial charge in [-0.25, -0.2) is 0 Å². The van der Waals surface area contributed by atoms with E-state index in [1.807, 2.05) is 11.8 Å². The number of esters is 2. The molecule has 0 spiro atoms. The molecule has 0 unspecified atom stereocenters. The number of carbonyl (C=O) groups excluding carboxylic acids is 2. The Morgan fingerprint density at radius 1 is 0.947 bits per heavy atom. The van der Waals surface area contributed by atoms with E-state index >= 15 is 0 Å². The maximum absolute atomic E-state index is 12.7. The topological polar surface area (TPSA) is 55.8 Å². The summed E-state index contributed by atoms with van der Waals surface area (Å²) in [5.74, 6) is 6.76. The van der Waals surface area contributed by atoms with Gasteiger partial charge in [0.1, 0.15) is 6.10 Å². The molecule has 0 amide bonds. The lowest BCUT2D eigenvalue weighted by atomic mass is 9.44. The van der Waals surface area contributed by atoms with E-state index in [0.717, 1.165) is 67.5 Å². The van der Waals surface area contributed by atoms with E-state index < -0.39 is 0 Å². The van der Waals surface area contributed by atoms with Gasteiger partial charge in [0.25, 0.3) is 0 Å². The van der Waals surface area contributed by atoms with Crippen LogP contribution in [0.4, 0.5) is 0 Å². The van der Waals surface area contributed by atoms with Crippen LogP contribution in [0.5, 0.6) is 0 Å². The number of hydrogen-bond acceptors (Lipinski definition) is 6. The lowest BCUT2D eigenvalue weighted by molar-refractivity contribution is -0.163. The fourth-order valence-electron chi connectivity index (χ4n) is 10.1. The molecule has 4 saturated carbocycles. The second-order valence-electron chi connectivity index (χ2n) is 13.8. The van der Waals surface area contributed by atoms with Crippen molar-refractivity contribution >= 4 is 36.1 Å². The fourth-order valence-corrected chi connectivity index (χ4v) is 11.1. The molecule has 218 valence electrons. The summed E-state index contributed by atoms with van der Waals surface area (Å²) >= 11 is 1.98. The van der Waals surface area contributed by atoms with Gasteiger partial charge in [0.2, 0.25) is 0 Å². The van der Waals surface area contributed by atoms with Gasteiger partial charge in [-0.2, -0.15) is 11.8 Å². The highest BCUT2D eigenvalue weighted by molar-refractivity contribution is 7.99. The summed E-state index contributed by atoms with van der Waals surface area (Å²) in [6, 6.07) is 0. The van der Waals surface area contributed by atoms with Crippen LogP contribution in [-0.2, 0) is 19.1 Å². The molecular weight excluding hydrogens is 518 g/mol. The predicted molar refractivity (Wildman–Crippen MR) is 157 cm³/mol. The first-order valence-electron chi connectivity index (χ1n) is 15.3. The van der Waals surface area contributed by atoms with Gasteiger partial charge in [-0.3, -0.25) is 14.5 Å². The normalized spacial score (nSPS) is 41.6. The third-order valence-corrected chi connectivity index (χ3v) is 13.1. The smallest absolute Gasteiger partial charge is 0.320 e. The van der Waals surface area contributed by atoms with Gasteiger partial charge in [-0.15, -0.1) is 12.4 Å². The van der Waals surface area contributed by atoms with E-state index in [9.17, 15) is 9.59 Å². The van der Waals surface area contributed by atoms with E-state index in [-0.39, 0.29) is 30.4 Å². The average molecular weight is 570 g/mol. The number of methoxy groups -OCH3 is 1. The third kappa shape index (κ3) is 5.93. The van der Waals surface area contributed by atoms with Gasteiger partial charge in [0.15, 0.2) is 0 Å². The third-order valence-electron chi connectivity index (χ3n) is 12.2. The standard InChI is InChI=1S/C31H51NO4S.ClH/c1-21(5-10-28(33)35-4)25-8-9-26-24-7-6-22-19-23(36-29(34)20-32-15-17-37-18-16-32)11-13-30(22,2)27(24)12-14-31(25,26)3;/h21-27H,5-20H2,1-4H3;1H/t21-,22-,23-,24+,25-,26+,27+,30+,31-;/m1./s1. The maximum Gasteiger partial charge on any atom is 0.320 e. The monoisotopic (exact) mass is 569 g/mol. The van der Waals surface area contributed by atoms with Crippen LogP contribution in [0.1, 0.15) is 91.4 Å². The Morgan fingerprint density at radius 3 is 2.39 bits per heavy atom. The number of thioether (sulfide) groups is 1. The first-order chi connectivity index (χ1) is 17.7. The molecule has 5 nitrogen and oxygen atoms in total. The van der Waals surface area contributed by atoms with Gasteiger partial charge < -0.3 is 9.47 Å². The summed E-state index contributed by atoms with van der Waals surface area (Å²) in [6.45, 7) is 10.1. The van der Waals surface area contributed by atoms with Crippen molar-refractivity contribution in [2.24, 2.45) is 46.3 Å². The van der Waals surface area contributed by atoms with Crippen molar-refractivity contribution in [2.45, 2.75) is 97.5 Å². The molecule has 0 N–H and O–H groups in total. The second kappa shape index (κ2) is 12.6. The Kier molecular flexibility index (Phi) is 10.1. The highest BCUT2D eigenvalue weighted by Crippen LogP contribution is 2.68. The van der Waals surface area contributed by atoms with Crippen molar-refractivity contribution in [3.63, 3.8) is 0 Å². The van der Waals surface area contributed by atoms with E-state index in [4.69, 9.17) is 9.47 Å². The van der Waals surface area contributed by atoms with E-state index in [2.05, 4.69) is 25.7 Å². The summed E-state index contributed by atoms with van der Waals surface area (Å²) in [6.07, 6.45) is 13.1. The van der Waals surface area contributed by atoms with Crippen LogP contribution in [0.15, 0.2) is 0 Å². The summed E-state index contributed by atoms with van der Waals surface area (Å²) in [5, 5.41) is 0. The molecule has 0 bridgehead atoms. The summed E-state index contributed by atoms with van der Waals surface area (Å²) < 4.78 is 11.0. The molecule has 9 atom stereocenters. The lowest BCUT2D eigenvalue weighted by Crippen LogP contribution is -2.54. The summed E-state index contributed by atoms with van der Waals surface area (Å²) in [7, 11) is 1.50. The number of halogens is 1. The molecule has 0 radical (unpaired) electrons. The van der Waals surface area contributed by atoms with Crippen molar-refractivity contribution in [3.8, 4) is 0 Å². The van der Waals surface area contributed by atoms with Crippen molar-refractivity contribution in [1.82, 2.24) is 4.90 Å². The Hall–Kier alpha value is -0.460. The number of ether oxygens (including phenoxy) is 2. The zero-order valence-corrected chi connectivity index (χ0v) is 25.9. The second-order valence-corrected chi connectivity index (χ2v) is 15.0. The minimum Gasteiger partial charge on any atom is -0.469 e. The molecule has 7 heteroatoms. The lowest BCUT2D eigenvalue weighted by Gasteiger charge is -2.61. The molecule has 38 heavy (non-hydrogen) atoms. The van der Waals surface area contributed by atoms with Crippen molar-refractivity contribution in [1.29, 1.82) is 0 Å².